The maximum atomic E-state index is 12.0. The highest BCUT2D eigenvalue weighted by Gasteiger charge is 2.36. The number of amides is 1. The Kier molecular flexibility index (Phi) is 4.25. The lowest BCUT2D eigenvalue weighted by molar-refractivity contribution is -0.161. The van der Waals surface area contributed by atoms with Gasteiger partial charge in [-0.05, 0) is 37.5 Å². The highest BCUT2D eigenvalue weighted by atomic mass is 16.5. The summed E-state index contributed by atoms with van der Waals surface area (Å²) in [5.41, 5.74) is 0. The molecule has 0 bridgehead atoms. The number of carbonyl (C=O) groups is 2. The van der Waals surface area contributed by atoms with Crippen LogP contribution in [-0.2, 0) is 14.3 Å². The fourth-order valence-corrected chi connectivity index (χ4v) is 3.08. The smallest absolute Gasteiger partial charge is 0.318 e. The van der Waals surface area contributed by atoms with Gasteiger partial charge in [0, 0.05) is 6.54 Å². The predicted octanol–water partition coefficient (Wildman–Crippen LogP) is 1.88. The van der Waals surface area contributed by atoms with Gasteiger partial charge in [-0.15, -0.1) is 0 Å². The molecule has 1 saturated heterocycles. The minimum absolute atomic E-state index is 0.0136. The van der Waals surface area contributed by atoms with Crippen LogP contribution in [0.1, 0.15) is 46.0 Å². The Hall–Kier alpha value is -1.06. The summed E-state index contributed by atoms with van der Waals surface area (Å²) >= 11 is 0. The van der Waals surface area contributed by atoms with Gasteiger partial charge < -0.3 is 10.1 Å². The summed E-state index contributed by atoms with van der Waals surface area (Å²) < 4.78 is 5.62. The molecular formula is C14H23NO3. The molecule has 2 rings (SSSR count). The second-order valence-corrected chi connectivity index (χ2v) is 5.80. The van der Waals surface area contributed by atoms with Gasteiger partial charge in [0.2, 0.25) is 5.91 Å². The molecule has 0 aromatic rings. The van der Waals surface area contributed by atoms with Crippen LogP contribution in [0.4, 0.5) is 0 Å². The van der Waals surface area contributed by atoms with E-state index in [9.17, 15) is 9.59 Å². The van der Waals surface area contributed by atoms with Crippen molar-refractivity contribution in [3.63, 3.8) is 0 Å². The molecule has 1 aliphatic carbocycles. The monoisotopic (exact) mass is 253 g/mol. The van der Waals surface area contributed by atoms with Crippen LogP contribution in [0.2, 0.25) is 0 Å². The van der Waals surface area contributed by atoms with Crippen molar-refractivity contribution in [1.29, 1.82) is 0 Å². The zero-order valence-corrected chi connectivity index (χ0v) is 11.3. The highest BCUT2D eigenvalue weighted by molar-refractivity contribution is 5.99. The molecule has 0 aromatic carbocycles. The summed E-state index contributed by atoms with van der Waals surface area (Å²) in [4.78, 5) is 23.5. The third-order valence-corrected chi connectivity index (χ3v) is 4.21. The second-order valence-electron chi connectivity index (χ2n) is 5.80. The molecule has 102 valence electrons. The Bertz CT molecular complexity index is 327. The van der Waals surface area contributed by atoms with Gasteiger partial charge in [-0.3, -0.25) is 9.59 Å². The maximum Gasteiger partial charge on any atom is 0.318 e. The summed E-state index contributed by atoms with van der Waals surface area (Å²) in [6, 6.07) is 0. The van der Waals surface area contributed by atoms with Gasteiger partial charge in [-0.1, -0.05) is 20.3 Å². The molecule has 18 heavy (non-hydrogen) atoms. The topological polar surface area (TPSA) is 55.4 Å². The molecule has 1 aliphatic heterocycles. The molecule has 1 amide bonds. The van der Waals surface area contributed by atoms with E-state index in [2.05, 4.69) is 19.2 Å². The van der Waals surface area contributed by atoms with E-state index in [1.165, 1.54) is 6.42 Å². The van der Waals surface area contributed by atoms with Crippen LogP contribution in [0.3, 0.4) is 0 Å². The van der Waals surface area contributed by atoms with Crippen LogP contribution >= 0.6 is 0 Å². The highest BCUT2D eigenvalue weighted by Crippen LogP contribution is 2.33. The second kappa shape index (κ2) is 5.72. The molecule has 0 radical (unpaired) electrons. The summed E-state index contributed by atoms with van der Waals surface area (Å²) in [7, 11) is 0. The lowest BCUT2D eigenvalue weighted by Crippen LogP contribution is -2.36. The van der Waals surface area contributed by atoms with Gasteiger partial charge in [0.1, 0.15) is 12.0 Å². The molecule has 2 aliphatic rings. The molecular weight excluding hydrogens is 230 g/mol. The third-order valence-electron chi connectivity index (χ3n) is 4.21. The van der Waals surface area contributed by atoms with E-state index >= 15 is 0 Å². The van der Waals surface area contributed by atoms with E-state index < -0.39 is 5.92 Å². The largest absolute Gasteiger partial charge is 0.461 e. The van der Waals surface area contributed by atoms with E-state index in [0.29, 0.717) is 24.8 Å². The summed E-state index contributed by atoms with van der Waals surface area (Å²) in [5, 5.41) is 2.68. The maximum absolute atomic E-state index is 12.0. The molecule has 1 N–H and O–H groups in total. The molecule has 4 nitrogen and oxygen atoms in total. The van der Waals surface area contributed by atoms with Crippen molar-refractivity contribution in [3.8, 4) is 0 Å². The molecule has 2 fully saturated rings. The quantitative estimate of drug-likeness (QED) is 0.617. The summed E-state index contributed by atoms with van der Waals surface area (Å²) in [6.07, 6.45) is 5.02. The van der Waals surface area contributed by atoms with Gasteiger partial charge in [-0.25, -0.2) is 0 Å². The van der Waals surface area contributed by atoms with Crippen molar-refractivity contribution in [3.05, 3.63) is 0 Å². The van der Waals surface area contributed by atoms with E-state index in [1.807, 2.05) is 0 Å². The first kappa shape index (κ1) is 13.4. The Morgan fingerprint density at radius 3 is 2.61 bits per heavy atom. The van der Waals surface area contributed by atoms with Crippen molar-refractivity contribution < 1.29 is 14.3 Å². The van der Waals surface area contributed by atoms with Crippen LogP contribution < -0.4 is 5.32 Å². The van der Waals surface area contributed by atoms with Crippen LogP contribution in [0, 0.1) is 17.8 Å². The van der Waals surface area contributed by atoms with Gasteiger partial charge in [-0.2, -0.15) is 0 Å². The molecule has 1 unspecified atom stereocenters. The lowest BCUT2D eigenvalue weighted by Gasteiger charge is -2.34. The standard InChI is InChI=1S/C14H23NO3/c1-9(2)10-5-3-4-6-12(10)18-14(17)11-7-8-15-13(11)16/h9-12H,3-8H2,1-2H3,(H,15,16)/t10-,11?,12+/m1/s1. The number of esters is 1. The molecule has 0 aromatic heterocycles. The Labute approximate surface area is 108 Å². The van der Waals surface area contributed by atoms with E-state index in [4.69, 9.17) is 4.74 Å². The fourth-order valence-electron chi connectivity index (χ4n) is 3.08. The third kappa shape index (κ3) is 2.85. The van der Waals surface area contributed by atoms with Crippen molar-refractivity contribution in [2.75, 3.05) is 6.54 Å². The number of carbonyl (C=O) groups excluding carboxylic acids is 2. The van der Waals surface area contributed by atoms with Crippen LogP contribution in [0.15, 0.2) is 0 Å². The van der Waals surface area contributed by atoms with E-state index in [1.54, 1.807) is 0 Å². The first-order valence-electron chi connectivity index (χ1n) is 7.08. The number of hydrogen-bond donors (Lipinski definition) is 1. The molecule has 1 saturated carbocycles. The first-order valence-corrected chi connectivity index (χ1v) is 7.08. The molecule has 0 spiro atoms. The number of hydrogen-bond acceptors (Lipinski definition) is 3. The van der Waals surface area contributed by atoms with Crippen molar-refractivity contribution >= 4 is 11.9 Å². The van der Waals surface area contributed by atoms with Crippen molar-refractivity contribution in [1.82, 2.24) is 5.32 Å². The van der Waals surface area contributed by atoms with Crippen LogP contribution in [-0.4, -0.2) is 24.5 Å². The zero-order chi connectivity index (χ0) is 13.1. The normalized spacial score (nSPS) is 32.4. The number of nitrogens with one attached hydrogen (secondary N) is 1. The van der Waals surface area contributed by atoms with Gasteiger partial charge >= 0.3 is 5.97 Å². The molecule has 3 atom stereocenters. The average molecular weight is 253 g/mol. The number of ether oxygens (including phenoxy) is 1. The first-order chi connectivity index (χ1) is 8.59. The average Bonchev–Trinajstić information content (AvgIpc) is 2.76. The predicted molar refractivity (Wildman–Crippen MR) is 67.8 cm³/mol. The summed E-state index contributed by atoms with van der Waals surface area (Å²) in [6.45, 7) is 4.95. The minimum Gasteiger partial charge on any atom is -0.461 e. The SMILES string of the molecule is CC(C)[C@H]1CCCC[C@@H]1OC(=O)C1CCNC1=O. The molecule has 4 heteroatoms. The zero-order valence-electron chi connectivity index (χ0n) is 11.3. The van der Waals surface area contributed by atoms with Gasteiger partial charge in [0.25, 0.3) is 0 Å². The Morgan fingerprint density at radius 1 is 1.28 bits per heavy atom. The van der Waals surface area contributed by atoms with Gasteiger partial charge in [0.15, 0.2) is 0 Å². The summed E-state index contributed by atoms with van der Waals surface area (Å²) in [5.74, 6) is -0.0770. The Balaban J connectivity index is 1.94. The minimum atomic E-state index is -0.570. The lowest BCUT2D eigenvalue weighted by atomic mass is 9.79. The molecule has 1 heterocycles. The number of rotatable bonds is 3. The van der Waals surface area contributed by atoms with Crippen molar-refractivity contribution in [2.45, 2.75) is 52.1 Å². The fraction of sp³-hybridized carbons (Fsp3) is 0.857. The van der Waals surface area contributed by atoms with Crippen molar-refractivity contribution in [2.24, 2.45) is 17.8 Å². The van der Waals surface area contributed by atoms with E-state index in [-0.39, 0.29) is 18.0 Å². The Morgan fingerprint density at radius 2 is 2.00 bits per heavy atom. The van der Waals surface area contributed by atoms with Gasteiger partial charge in [0.05, 0.1) is 0 Å². The van der Waals surface area contributed by atoms with Crippen LogP contribution in [0.25, 0.3) is 0 Å². The van der Waals surface area contributed by atoms with E-state index in [0.717, 1.165) is 19.3 Å². The van der Waals surface area contributed by atoms with Crippen LogP contribution in [0.5, 0.6) is 0 Å².